The molecule has 19 heavy (non-hydrogen) atoms. The van der Waals surface area contributed by atoms with Crippen molar-refractivity contribution in [3.05, 3.63) is 47.5 Å². The van der Waals surface area contributed by atoms with Gasteiger partial charge in [-0.3, -0.25) is 9.36 Å². The molecule has 0 saturated carbocycles. The molecule has 0 unspecified atom stereocenters. The maximum Gasteiger partial charge on any atom is 0.235 e. The van der Waals surface area contributed by atoms with E-state index in [0.717, 1.165) is 12.8 Å². The van der Waals surface area contributed by atoms with Gasteiger partial charge in [0.25, 0.3) is 0 Å². The summed E-state index contributed by atoms with van der Waals surface area (Å²) in [6, 6.07) is 9.47. The molecular formula is C14H14N4O. The molecule has 0 radical (unpaired) electrons. The lowest BCUT2D eigenvalue weighted by atomic mass is 10.1. The highest BCUT2D eigenvalue weighted by molar-refractivity contribution is 5.95. The van der Waals surface area contributed by atoms with Gasteiger partial charge < -0.3 is 0 Å². The average molecular weight is 254 g/mol. The van der Waals surface area contributed by atoms with Crippen molar-refractivity contribution in [3.63, 3.8) is 0 Å². The van der Waals surface area contributed by atoms with Crippen LogP contribution in [0.3, 0.4) is 0 Å². The molecule has 96 valence electrons. The summed E-state index contributed by atoms with van der Waals surface area (Å²) in [7, 11) is 0. The number of aryl methyl sites for hydroxylation is 1. The molecule has 5 heteroatoms. The van der Waals surface area contributed by atoms with Crippen LogP contribution in [0.1, 0.15) is 35.1 Å². The average Bonchev–Trinajstić information content (AvgIpc) is 2.87. The van der Waals surface area contributed by atoms with E-state index >= 15 is 0 Å². The molecule has 1 aromatic carbocycles. The molecule has 0 atom stereocenters. The minimum Gasteiger partial charge on any atom is -0.297 e. The summed E-state index contributed by atoms with van der Waals surface area (Å²) in [5, 5.41) is 16.0. The lowest BCUT2D eigenvalue weighted by Crippen LogP contribution is -2.11. The van der Waals surface area contributed by atoms with Crippen LogP contribution < -0.4 is 0 Å². The minimum atomic E-state index is -0.0562. The molecule has 5 nitrogen and oxygen atoms in total. The number of aromatic nitrogens is 3. The number of Topliss-reactive ketones (excluding diaryl/α,β-unsaturated/α-hetero) is 1. The number of hydrogen-bond acceptors (Lipinski definition) is 4. The Kier molecular flexibility index (Phi) is 4.04. The maximum atomic E-state index is 12.1. The van der Waals surface area contributed by atoms with Gasteiger partial charge in [-0.05, 0) is 12.0 Å². The molecule has 0 N–H and O–H groups in total. The normalized spacial score (nSPS) is 10.1. The van der Waals surface area contributed by atoms with Crippen molar-refractivity contribution >= 4 is 5.78 Å². The van der Waals surface area contributed by atoms with Gasteiger partial charge in [-0.1, -0.05) is 37.6 Å². The summed E-state index contributed by atoms with van der Waals surface area (Å²) in [6.45, 7) is 2.21. The summed E-state index contributed by atoms with van der Waals surface area (Å²) < 4.78 is 1.45. The van der Waals surface area contributed by atoms with E-state index in [-0.39, 0.29) is 18.2 Å². The van der Waals surface area contributed by atoms with Crippen molar-refractivity contribution in [1.82, 2.24) is 14.8 Å². The van der Waals surface area contributed by atoms with Crippen molar-refractivity contribution in [2.75, 3.05) is 0 Å². The Morgan fingerprint density at radius 1 is 1.37 bits per heavy atom. The van der Waals surface area contributed by atoms with Gasteiger partial charge in [0.2, 0.25) is 5.82 Å². The molecule has 2 rings (SSSR count). The van der Waals surface area contributed by atoms with E-state index < -0.39 is 0 Å². The van der Waals surface area contributed by atoms with Gasteiger partial charge >= 0.3 is 0 Å². The predicted molar refractivity (Wildman–Crippen MR) is 69.5 cm³/mol. The fourth-order valence-electron chi connectivity index (χ4n) is 1.85. The van der Waals surface area contributed by atoms with Crippen LogP contribution in [0.4, 0.5) is 0 Å². The highest BCUT2D eigenvalue weighted by atomic mass is 16.1. The third kappa shape index (κ3) is 3.05. The molecule has 0 fully saturated rings. The van der Waals surface area contributed by atoms with Gasteiger partial charge in [0.1, 0.15) is 12.4 Å². The van der Waals surface area contributed by atoms with E-state index in [9.17, 15) is 4.79 Å². The van der Waals surface area contributed by atoms with Crippen LogP contribution >= 0.6 is 0 Å². The molecule has 0 spiro atoms. The zero-order valence-corrected chi connectivity index (χ0v) is 10.7. The number of nitrogens with zero attached hydrogens (tertiary/aromatic N) is 4. The zero-order valence-electron chi connectivity index (χ0n) is 10.7. The van der Waals surface area contributed by atoms with E-state index in [1.165, 1.54) is 16.5 Å². The van der Waals surface area contributed by atoms with Crippen LogP contribution in [0.25, 0.3) is 0 Å². The van der Waals surface area contributed by atoms with Gasteiger partial charge in [-0.2, -0.15) is 5.26 Å². The lowest BCUT2D eigenvalue weighted by molar-refractivity contribution is 0.0971. The highest BCUT2D eigenvalue weighted by Crippen LogP contribution is 2.08. The predicted octanol–water partition coefficient (Wildman–Crippen LogP) is 1.99. The van der Waals surface area contributed by atoms with Crippen LogP contribution in [-0.2, 0) is 13.0 Å². The number of benzene rings is 1. The summed E-state index contributed by atoms with van der Waals surface area (Å²) in [6.07, 6.45) is 3.49. The van der Waals surface area contributed by atoms with E-state index in [1.807, 2.05) is 30.3 Å². The van der Waals surface area contributed by atoms with Gasteiger partial charge in [0, 0.05) is 5.56 Å². The summed E-state index contributed by atoms with van der Waals surface area (Å²) >= 11 is 0. The standard InChI is InChI=1S/C14H14N4O/c1-2-3-11-4-6-12(7-5-11)13(19)9-18-10-16-17-14(18)8-15/h4-7,10H,2-3,9H2,1H3. The number of carbonyl (C=O) groups is 1. The topological polar surface area (TPSA) is 71.6 Å². The summed E-state index contributed by atoms with van der Waals surface area (Å²) in [4.78, 5) is 12.1. The molecule has 0 aliphatic heterocycles. The minimum absolute atomic E-state index is 0.0562. The molecule has 0 aliphatic rings. The molecular weight excluding hydrogens is 240 g/mol. The first-order chi connectivity index (χ1) is 9.24. The first-order valence-electron chi connectivity index (χ1n) is 6.14. The summed E-state index contributed by atoms with van der Waals surface area (Å²) in [5.74, 6) is 0.0929. The third-order valence-electron chi connectivity index (χ3n) is 2.84. The van der Waals surface area contributed by atoms with Crippen LogP contribution in [0.2, 0.25) is 0 Å². The SMILES string of the molecule is CCCc1ccc(C(=O)Cn2cnnc2C#N)cc1. The number of ketones is 1. The zero-order chi connectivity index (χ0) is 13.7. The summed E-state index contributed by atoms with van der Waals surface area (Å²) in [5.41, 5.74) is 1.86. The first kappa shape index (κ1) is 13.0. The molecule has 0 amide bonds. The fourth-order valence-corrected chi connectivity index (χ4v) is 1.85. The van der Waals surface area contributed by atoms with Gasteiger partial charge in [0.15, 0.2) is 5.78 Å². The Labute approximate surface area is 111 Å². The van der Waals surface area contributed by atoms with Crippen molar-refractivity contribution in [1.29, 1.82) is 5.26 Å². The second kappa shape index (κ2) is 5.91. The highest BCUT2D eigenvalue weighted by Gasteiger charge is 2.10. The van der Waals surface area contributed by atoms with Crippen LogP contribution in [0, 0.1) is 11.3 Å². The number of nitriles is 1. The van der Waals surface area contributed by atoms with Gasteiger partial charge in [-0.25, -0.2) is 0 Å². The maximum absolute atomic E-state index is 12.1. The molecule has 1 aromatic heterocycles. The Balaban J connectivity index is 2.10. The Morgan fingerprint density at radius 2 is 2.11 bits per heavy atom. The smallest absolute Gasteiger partial charge is 0.235 e. The number of rotatable bonds is 5. The van der Waals surface area contributed by atoms with Crippen molar-refractivity contribution in [3.8, 4) is 6.07 Å². The van der Waals surface area contributed by atoms with Crippen LogP contribution in [-0.4, -0.2) is 20.5 Å². The number of carbonyl (C=O) groups excluding carboxylic acids is 1. The third-order valence-corrected chi connectivity index (χ3v) is 2.84. The van der Waals surface area contributed by atoms with Crippen molar-refractivity contribution < 1.29 is 4.79 Å². The molecule has 0 saturated heterocycles. The van der Waals surface area contributed by atoms with Gasteiger partial charge in [0.05, 0.1) is 6.54 Å². The second-order valence-electron chi connectivity index (χ2n) is 4.26. The Hall–Kier alpha value is -2.48. The molecule has 2 aromatic rings. The van der Waals surface area contributed by atoms with Crippen LogP contribution in [0.15, 0.2) is 30.6 Å². The Morgan fingerprint density at radius 3 is 2.74 bits per heavy atom. The van der Waals surface area contributed by atoms with E-state index in [1.54, 1.807) is 0 Å². The fraction of sp³-hybridized carbons (Fsp3) is 0.286. The monoisotopic (exact) mass is 254 g/mol. The number of hydrogen-bond donors (Lipinski definition) is 0. The van der Waals surface area contributed by atoms with E-state index in [0.29, 0.717) is 5.56 Å². The molecule has 0 bridgehead atoms. The second-order valence-corrected chi connectivity index (χ2v) is 4.26. The Bertz CT molecular complexity index is 607. The molecule has 1 heterocycles. The van der Waals surface area contributed by atoms with Crippen molar-refractivity contribution in [2.24, 2.45) is 0 Å². The quantitative estimate of drug-likeness (QED) is 0.765. The van der Waals surface area contributed by atoms with E-state index in [2.05, 4.69) is 17.1 Å². The van der Waals surface area contributed by atoms with Crippen LogP contribution in [0.5, 0.6) is 0 Å². The van der Waals surface area contributed by atoms with E-state index in [4.69, 9.17) is 5.26 Å². The largest absolute Gasteiger partial charge is 0.297 e. The first-order valence-corrected chi connectivity index (χ1v) is 6.14. The van der Waals surface area contributed by atoms with Gasteiger partial charge in [-0.15, -0.1) is 10.2 Å². The molecule has 0 aliphatic carbocycles. The lowest BCUT2D eigenvalue weighted by Gasteiger charge is -2.04. The van der Waals surface area contributed by atoms with Crippen molar-refractivity contribution in [2.45, 2.75) is 26.3 Å².